The first-order valence-electron chi connectivity index (χ1n) is 9.98. The molecule has 0 radical (unpaired) electrons. The van der Waals surface area contributed by atoms with Gasteiger partial charge < -0.3 is 18.6 Å². The van der Waals surface area contributed by atoms with E-state index in [0.717, 1.165) is 6.92 Å². The van der Waals surface area contributed by atoms with Gasteiger partial charge in [0.2, 0.25) is 29.1 Å². The Morgan fingerprint density at radius 3 is 2.17 bits per heavy atom. The van der Waals surface area contributed by atoms with Gasteiger partial charge in [-0.1, -0.05) is 0 Å². The van der Waals surface area contributed by atoms with Gasteiger partial charge in [0.1, 0.15) is 11.3 Å². The average Bonchev–Trinajstić information content (AvgIpc) is 2.82. The topological polar surface area (TPSA) is 92.0 Å². The molecule has 0 spiro atoms. The number of esters is 2. The minimum absolute atomic E-state index is 0.0245. The van der Waals surface area contributed by atoms with Crippen LogP contribution in [0.4, 0.5) is 22.0 Å². The van der Waals surface area contributed by atoms with Crippen molar-refractivity contribution in [3.05, 3.63) is 68.8 Å². The van der Waals surface area contributed by atoms with E-state index in [9.17, 15) is 36.3 Å². The summed E-state index contributed by atoms with van der Waals surface area (Å²) >= 11 is 0. The van der Waals surface area contributed by atoms with Crippen molar-refractivity contribution in [2.75, 3.05) is 7.11 Å². The highest BCUT2D eigenvalue weighted by atomic mass is 19.2. The second-order valence-corrected chi connectivity index (χ2v) is 7.36. The minimum Gasteiger partial charge on any atom is -0.473 e. The van der Waals surface area contributed by atoms with Gasteiger partial charge in [0.05, 0.1) is 7.11 Å². The third-order valence-corrected chi connectivity index (χ3v) is 4.97. The number of ether oxygens (including phenoxy) is 3. The normalized spacial score (nSPS) is 11.9. The SMILES string of the molecule is COC(=O)CCc1cc2c(C)cc(=O)oc2cc1OC(=O)C(C)Oc1c(F)c(F)c(F)c(F)c1F. The zero-order chi connectivity index (χ0) is 26.0. The smallest absolute Gasteiger partial charge is 0.352 e. The molecular weight excluding hydrogens is 483 g/mol. The Balaban J connectivity index is 1.94. The Hall–Kier alpha value is -3.96. The van der Waals surface area contributed by atoms with Crippen LogP contribution in [0.5, 0.6) is 11.5 Å². The lowest BCUT2D eigenvalue weighted by atomic mass is 10.0. The first kappa shape index (κ1) is 25.7. The molecule has 0 bridgehead atoms. The molecule has 1 heterocycles. The number of carbonyl (C=O) groups is 2. The molecule has 12 heteroatoms. The molecule has 2 aromatic carbocycles. The molecule has 7 nitrogen and oxygen atoms in total. The van der Waals surface area contributed by atoms with Crippen LogP contribution in [0.1, 0.15) is 24.5 Å². The number of fused-ring (bicyclic) bond motifs is 1. The van der Waals surface area contributed by atoms with Gasteiger partial charge in [-0.3, -0.25) is 4.79 Å². The molecule has 0 amide bonds. The van der Waals surface area contributed by atoms with Gasteiger partial charge in [0.15, 0.2) is 11.9 Å². The summed E-state index contributed by atoms with van der Waals surface area (Å²) < 4.78 is 87.4. The molecule has 3 aromatic rings. The molecule has 0 fully saturated rings. The van der Waals surface area contributed by atoms with E-state index in [2.05, 4.69) is 9.47 Å². The van der Waals surface area contributed by atoms with Crippen molar-refractivity contribution in [3.63, 3.8) is 0 Å². The molecule has 3 rings (SSSR count). The van der Waals surface area contributed by atoms with Crippen LogP contribution in [0.15, 0.2) is 27.4 Å². The number of methoxy groups -OCH3 is 1. The van der Waals surface area contributed by atoms with Gasteiger partial charge in [0, 0.05) is 23.9 Å². The van der Waals surface area contributed by atoms with Crippen molar-refractivity contribution in [1.82, 2.24) is 0 Å². The Labute approximate surface area is 194 Å². The van der Waals surface area contributed by atoms with E-state index in [1.54, 1.807) is 6.92 Å². The monoisotopic (exact) mass is 500 g/mol. The maximum Gasteiger partial charge on any atom is 0.352 e. The molecule has 0 aliphatic heterocycles. The van der Waals surface area contributed by atoms with Crippen LogP contribution in [0.2, 0.25) is 0 Å². The second kappa shape index (κ2) is 10.1. The fourth-order valence-electron chi connectivity index (χ4n) is 3.12. The number of hydrogen-bond donors (Lipinski definition) is 0. The highest BCUT2D eigenvalue weighted by Crippen LogP contribution is 2.31. The number of benzene rings is 2. The van der Waals surface area contributed by atoms with Crippen LogP contribution in [-0.4, -0.2) is 25.2 Å². The number of aryl methyl sites for hydroxylation is 2. The van der Waals surface area contributed by atoms with Crippen molar-refractivity contribution in [1.29, 1.82) is 0 Å². The molecule has 1 atom stereocenters. The Bertz CT molecular complexity index is 1350. The number of rotatable bonds is 7. The summed E-state index contributed by atoms with van der Waals surface area (Å²) in [5, 5.41) is 0.481. The molecule has 0 aliphatic carbocycles. The lowest BCUT2D eigenvalue weighted by Crippen LogP contribution is -2.30. The standard InChI is InChI=1S/C23H17F5O7/c1-9-6-16(30)34-14-8-13(11(7-12(9)14)4-5-15(29)32-3)35-23(31)10(2)33-22-20(27)18(25)17(24)19(26)21(22)28/h6-8,10H,4-5H2,1-3H3. The lowest BCUT2D eigenvalue weighted by molar-refractivity contribution is -0.141. The first-order valence-corrected chi connectivity index (χ1v) is 9.98. The highest BCUT2D eigenvalue weighted by molar-refractivity contribution is 5.85. The fourth-order valence-corrected chi connectivity index (χ4v) is 3.12. The molecular formula is C23H17F5O7. The van der Waals surface area contributed by atoms with Crippen molar-refractivity contribution < 1.29 is 50.2 Å². The summed E-state index contributed by atoms with van der Waals surface area (Å²) in [5.74, 6) is -15.1. The molecule has 1 aromatic heterocycles. The van der Waals surface area contributed by atoms with E-state index in [0.29, 0.717) is 16.5 Å². The second-order valence-electron chi connectivity index (χ2n) is 7.36. The lowest BCUT2D eigenvalue weighted by Gasteiger charge is -2.17. The molecule has 0 N–H and O–H groups in total. The summed E-state index contributed by atoms with van der Waals surface area (Å²) in [5.41, 5.74) is 0.193. The van der Waals surface area contributed by atoms with Gasteiger partial charge >= 0.3 is 17.6 Å². The van der Waals surface area contributed by atoms with E-state index in [1.165, 1.54) is 25.3 Å². The minimum atomic E-state index is -2.38. The van der Waals surface area contributed by atoms with E-state index in [-0.39, 0.29) is 24.2 Å². The largest absolute Gasteiger partial charge is 0.473 e. The van der Waals surface area contributed by atoms with E-state index in [1.807, 2.05) is 0 Å². The van der Waals surface area contributed by atoms with Crippen molar-refractivity contribution in [2.45, 2.75) is 32.8 Å². The van der Waals surface area contributed by atoms with Crippen LogP contribution in [0.25, 0.3) is 11.0 Å². The van der Waals surface area contributed by atoms with Crippen LogP contribution < -0.4 is 15.1 Å². The van der Waals surface area contributed by atoms with Gasteiger partial charge in [-0.25, -0.2) is 22.8 Å². The molecule has 186 valence electrons. The molecule has 35 heavy (non-hydrogen) atoms. The molecule has 0 saturated carbocycles. The third-order valence-electron chi connectivity index (χ3n) is 4.97. The van der Waals surface area contributed by atoms with Crippen molar-refractivity contribution >= 4 is 22.9 Å². The first-order chi connectivity index (χ1) is 16.4. The highest BCUT2D eigenvalue weighted by Gasteiger charge is 2.30. The number of hydrogen-bond acceptors (Lipinski definition) is 7. The zero-order valence-corrected chi connectivity index (χ0v) is 18.5. The van der Waals surface area contributed by atoms with E-state index < -0.39 is 58.5 Å². The van der Waals surface area contributed by atoms with Gasteiger partial charge in [-0.2, -0.15) is 8.78 Å². The maximum absolute atomic E-state index is 13.9. The van der Waals surface area contributed by atoms with E-state index in [4.69, 9.17) is 9.15 Å². The van der Waals surface area contributed by atoms with Crippen molar-refractivity contribution in [3.8, 4) is 11.5 Å². The Kier molecular flexibility index (Phi) is 7.42. The Morgan fingerprint density at radius 2 is 1.57 bits per heavy atom. The van der Waals surface area contributed by atoms with E-state index >= 15 is 0 Å². The third kappa shape index (κ3) is 5.26. The number of carbonyl (C=O) groups excluding carboxylic acids is 2. The summed E-state index contributed by atoms with van der Waals surface area (Å²) in [4.78, 5) is 35.9. The van der Waals surface area contributed by atoms with Crippen LogP contribution in [-0.2, 0) is 20.7 Å². The van der Waals surface area contributed by atoms with Crippen LogP contribution in [0.3, 0.4) is 0 Å². The fraction of sp³-hybridized carbons (Fsp3) is 0.261. The number of halogens is 5. The zero-order valence-electron chi connectivity index (χ0n) is 18.5. The predicted octanol–water partition coefficient (Wildman–Crippen LogP) is 4.28. The summed E-state index contributed by atoms with van der Waals surface area (Å²) in [6.07, 6.45) is -1.92. The molecule has 0 aliphatic rings. The average molecular weight is 500 g/mol. The van der Waals surface area contributed by atoms with Crippen molar-refractivity contribution in [2.24, 2.45) is 0 Å². The predicted molar refractivity (Wildman–Crippen MR) is 110 cm³/mol. The quantitative estimate of drug-likeness (QED) is 0.119. The van der Waals surface area contributed by atoms with Gasteiger partial charge in [-0.05, 0) is 37.5 Å². The summed E-state index contributed by atoms with van der Waals surface area (Å²) in [6.45, 7) is 2.59. The summed E-state index contributed by atoms with van der Waals surface area (Å²) in [7, 11) is 1.18. The van der Waals surface area contributed by atoms with Crippen LogP contribution >= 0.6 is 0 Å². The molecule has 1 unspecified atom stereocenters. The van der Waals surface area contributed by atoms with Crippen LogP contribution in [0, 0.1) is 36.0 Å². The summed E-state index contributed by atoms with van der Waals surface area (Å²) in [6, 6.07) is 3.94. The molecule has 0 saturated heterocycles. The van der Waals surface area contributed by atoms with Gasteiger partial charge in [-0.15, -0.1) is 0 Å². The Morgan fingerprint density at radius 1 is 0.971 bits per heavy atom. The van der Waals surface area contributed by atoms with Gasteiger partial charge in [0.25, 0.3) is 0 Å². The maximum atomic E-state index is 13.9.